The highest BCUT2D eigenvalue weighted by Crippen LogP contribution is 2.04. The maximum Gasteiger partial charge on any atom is 0.339 e. The predicted octanol–water partition coefficient (Wildman–Crippen LogP) is -1.45. The van der Waals surface area contributed by atoms with E-state index >= 15 is 0 Å². The van der Waals surface area contributed by atoms with Crippen LogP contribution in [0.4, 0.5) is 0 Å². The van der Waals surface area contributed by atoms with E-state index in [0.717, 1.165) is 0 Å². The number of nitro groups is 1. The van der Waals surface area contributed by atoms with Gasteiger partial charge in [-0.1, -0.05) is 0 Å². The summed E-state index contributed by atoms with van der Waals surface area (Å²) in [4.78, 5) is 29.1. The van der Waals surface area contributed by atoms with Crippen LogP contribution >= 0.6 is 0 Å². The number of hydrogen-bond donors (Lipinski definition) is 3. The van der Waals surface area contributed by atoms with Crippen molar-refractivity contribution >= 4 is 11.9 Å². The summed E-state index contributed by atoms with van der Waals surface area (Å²) >= 11 is 0. The van der Waals surface area contributed by atoms with Crippen molar-refractivity contribution in [3.8, 4) is 0 Å². The lowest BCUT2D eigenvalue weighted by atomic mass is 10.1. The average molecular weight is 193 g/mol. The van der Waals surface area contributed by atoms with Crippen LogP contribution < -0.4 is 0 Å². The van der Waals surface area contributed by atoms with E-state index in [0.29, 0.717) is 0 Å². The zero-order valence-corrected chi connectivity index (χ0v) is 6.28. The lowest BCUT2D eigenvalue weighted by molar-refractivity contribution is -0.530. The minimum Gasteiger partial charge on any atom is -0.481 e. The molecule has 0 rings (SSSR count). The van der Waals surface area contributed by atoms with E-state index in [-0.39, 0.29) is 0 Å². The number of nitrogens with zero attached hydrogens (tertiary/aromatic N) is 1. The van der Waals surface area contributed by atoms with Gasteiger partial charge in [-0.3, -0.25) is 14.9 Å². The van der Waals surface area contributed by atoms with Gasteiger partial charge in [-0.25, -0.2) is 4.79 Å². The number of aliphatic hydroxyl groups is 1. The Morgan fingerprint density at radius 3 is 2.08 bits per heavy atom. The number of rotatable bonds is 5. The fourth-order valence-corrected chi connectivity index (χ4v) is 0.645. The summed E-state index contributed by atoms with van der Waals surface area (Å²) in [5, 5.41) is 35.1. The van der Waals surface area contributed by atoms with E-state index in [2.05, 4.69) is 0 Å². The van der Waals surface area contributed by atoms with Crippen molar-refractivity contribution in [3.05, 3.63) is 10.1 Å². The van der Waals surface area contributed by atoms with Crippen LogP contribution in [0.15, 0.2) is 0 Å². The number of aliphatic carboxylic acids is 2. The molecule has 0 fully saturated rings. The highest BCUT2D eigenvalue weighted by Gasteiger charge is 2.37. The summed E-state index contributed by atoms with van der Waals surface area (Å²) in [5.74, 6) is -3.36. The minimum absolute atomic E-state index is 1.03. The number of carboxylic acid groups (broad SMARTS) is 2. The topological polar surface area (TPSA) is 138 Å². The molecule has 8 nitrogen and oxygen atoms in total. The van der Waals surface area contributed by atoms with Gasteiger partial charge >= 0.3 is 11.9 Å². The van der Waals surface area contributed by atoms with Crippen LogP contribution in [0.5, 0.6) is 0 Å². The van der Waals surface area contributed by atoms with Crippen molar-refractivity contribution in [3.63, 3.8) is 0 Å². The highest BCUT2D eigenvalue weighted by molar-refractivity contribution is 5.75. The number of carbonyl (C=O) groups is 2. The van der Waals surface area contributed by atoms with E-state index in [9.17, 15) is 19.7 Å². The minimum atomic E-state index is -2.30. The van der Waals surface area contributed by atoms with E-state index in [4.69, 9.17) is 15.3 Å². The van der Waals surface area contributed by atoms with Crippen LogP contribution in [-0.2, 0) is 9.59 Å². The van der Waals surface area contributed by atoms with Gasteiger partial charge < -0.3 is 15.3 Å². The maximum absolute atomic E-state index is 10.1. The summed E-state index contributed by atoms with van der Waals surface area (Å²) in [6.07, 6.45) is -3.33. The van der Waals surface area contributed by atoms with Gasteiger partial charge in [0.1, 0.15) is 6.42 Å². The van der Waals surface area contributed by atoms with E-state index in [1.807, 2.05) is 0 Å². The smallest absolute Gasteiger partial charge is 0.339 e. The third kappa shape index (κ3) is 3.47. The van der Waals surface area contributed by atoms with Crippen LogP contribution in [0.2, 0.25) is 0 Å². The Morgan fingerprint density at radius 1 is 1.38 bits per heavy atom. The quantitative estimate of drug-likeness (QED) is 0.358. The second kappa shape index (κ2) is 4.36. The lowest BCUT2D eigenvalue weighted by Gasteiger charge is -2.09. The number of aliphatic hydroxyl groups excluding tert-OH is 1. The molecule has 8 heteroatoms. The molecule has 0 heterocycles. The second-order valence-corrected chi connectivity index (χ2v) is 2.23. The molecule has 0 bridgehead atoms. The van der Waals surface area contributed by atoms with Gasteiger partial charge in [0.15, 0.2) is 0 Å². The molecule has 13 heavy (non-hydrogen) atoms. The SMILES string of the molecule is O=C(O)C[C@@H]([C@@H](O)C(=O)O)[N+](=O)[O-]. The molecule has 3 N–H and O–H groups in total. The Balaban J connectivity index is 4.51. The van der Waals surface area contributed by atoms with Gasteiger partial charge in [0, 0.05) is 4.92 Å². The molecular formula is C5H7NO7. The molecule has 0 aliphatic rings. The first kappa shape index (κ1) is 11.3. The first-order valence-electron chi connectivity index (χ1n) is 3.12. The first-order valence-corrected chi connectivity index (χ1v) is 3.12. The van der Waals surface area contributed by atoms with Crippen LogP contribution in [-0.4, -0.2) is 44.3 Å². The summed E-state index contributed by atoms with van der Waals surface area (Å²) in [6.45, 7) is 0. The van der Waals surface area contributed by atoms with Crippen LogP contribution in [0.25, 0.3) is 0 Å². The fourth-order valence-electron chi connectivity index (χ4n) is 0.645. The van der Waals surface area contributed by atoms with Crippen molar-refractivity contribution in [1.82, 2.24) is 0 Å². The molecule has 0 aromatic carbocycles. The Hall–Kier alpha value is -1.70. The highest BCUT2D eigenvalue weighted by atomic mass is 16.6. The first-order chi connectivity index (χ1) is 5.86. The van der Waals surface area contributed by atoms with Crippen molar-refractivity contribution in [1.29, 1.82) is 0 Å². The Kier molecular flexibility index (Phi) is 3.79. The van der Waals surface area contributed by atoms with Crippen molar-refractivity contribution in [2.24, 2.45) is 0 Å². The Bertz CT molecular complexity index is 237. The average Bonchev–Trinajstić information content (AvgIpc) is 1.97. The van der Waals surface area contributed by atoms with E-state index < -0.39 is 35.4 Å². The molecule has 0 amide bonds. The van der Waals surface area contributed by atoms with Gasteiger partial charge in [-0.15, -0.1) is 0 Å². The molecule has 74 valence electrons. The Labute approximate surface area is 71.6 Å². The molecule has 0 spiro atoms. The number of carboxylic acids is 2. The molecule has 0 aromatic rings. The second-order valence-electron chi connectivity index (χ2n) is 2.23. The summed E-state index contributed by atoms with van der Waals surface area (Å²) in [6, 6.07) is -2.02. The van der Waals surface area contributed by atoms with Gasteiger partial charge in [0.25, 0.3) is 6.04 Å². The van der Waals surface area contributed by atoms with Gasteiger partial charge in [0.05, 0.1) is 0 Å². The largest absolute Gasteiger partial charge is 0.481 e. The normalized spacial score (nSPS) is 14.5. The van der Waals surface area contributed by atoms with Gasteiger partial charge in [0.2, 0.25) is 6.10 Å². The molecule has 0 aliphatic heterocycles. The monoisotopic (exact) mass is 193 g/mol. The molecular weight excluding hydrogens is 186 g/mol. The molecule has 2 atom stereocenters. The molecule has 0 saturated carbocycles. The van der Waals surface area contributed by atoms with E-state index in [1.165, 1.54) is 0 Å². The zero-order chi connectivity index (χ0) is 10.6. The van der Waals surface area contributed by atoms with Crippen molar-refractivity contribution in [2.45, 2.75) is 18.6 Å². The fraction of sp³-hybridized carbons (Fsp3) is 0.600. The lowest BCUT2D eigenvalue weighted by Crippen LogP contribution is -2.40. The standard InChI is InChI=1S/C5H7NO7/c7-3(8)1-2(6(12)13)4(9)5(10)11/h2,4,9H,1H2,(H,7,8)(H,10,11)/t2-,4+/m0/s1. The van der Waals surface area contributed by atoms with Crippen LogP contribution in [0.3, 0.4) is 0 Å². The molecule has 0 saturated heterocycles. The zero-order valence-electron chi connectivity index (χ0n) is 6.28. The molecule has 0 aromatic heterocycles. The third-order valence-corrected chi connectivity index (χ3v) is 1.27. The van der Waals surface area contributed by atoms with Gasteiger partial charge in [-0.2, -0.15) is 0 Å². The Morgan fingerprint density at radius 2 is 1.85 bits per heavy atom. The molecule has 0 radical (unpaired) electrons. The summed E-state index contributed by atoms with van der Waals surface area (Å²) in [7, 11) is 0. The predicted molar refractivity (Wildman–Crippen MR) is 36.7 cm³/mol. The molecule has 0 unspecified atom stereocenters. The third-order valence-electron chi connectivity index (χ3n) is 1.27. The van der Waals surface area contributed by atoms with Crippen LogP contribution in [0, 0.1) is 10.1 Å². The van der Waals surface area contributed by atoms with Crippen LogP contribution in [0.1, 0.15) is 6.42 Å². The summed E-state index contributed by atoms with van der Waals surface area (Å²) in [5.41, 5.74) is 0. The van der Waals surface area contributed by atoms with Crippen molar-refractivity contribution < 1.29 is 29.8 Å². The summed E-state index contributed by atoms with van der Waals surface area (Å²) < 4.78 is 0. The van der Waals surface area contributed by atoms with Gasteiger partial charge in [-0.05, 0) is 0 Å². The number of hydrogen-bond acceptors (Lipinski definition) is 5. The maximum atomic E-state index is 10.1. The van der Waals surface area contributed by atoms with Crippen molar-refractivity contribution in [2.75, 3.05) is 0 Å². The van der Waals surface area contributed by atoms with E-state index in [1.54, 1.807) is 0 Å². The molecule has 0 aliphatic carbocycles.